The van der Waals surface area contributed by atoms with Crippen molar-refractivity contribution in [1.29, 1.82) is 0 Å². The maximum Gasteiger partial charge on any atom is 0.407 e. The van der Waals surface area contributed by atoms with Crippen molar-refractivity contribution in [2.24, 2.45) is 0 Å². The quantitative estimate of drug-likeness (QED) is 0.428. The second kappa shape index (κ2) is 9.62. The van der Waals surface area contributed by atoms with Crippen LogP contribution in [0.25, 0.3) is 11.1 Å². The van der Waals surface area contributed by atoms with Crippen LogP contribution in [-0.2, 0) is 4.74 Å². The third-order valence-corrected chi connectivity index (χ3v) is 5.83. The Morgan fingerprint density at radius 2 is 1.62 bits per heavy atom. The number of methoxy groups -OCH3 is 1. The lowest BCUT2D eigenvalue weighted by atomic mass is 9.98. The molecule has 0 atom stereocenters. The lowest BCUT2D eigenvalue weighted by molar-refractivity contribution is 0.143. The molecule has 0 spiro atoms. The number of hydrogen-bond acceptors (Lipinski definition) is 3. The SMILES string of the molecule is COc1cc(C)c(C#CCCNC(=O)OCC2c3ccccc3-c3ccccc32)cc1C. The summed E-state index contributed by atoms with van der Waals surface area (Å²) in [6, 6.07) is 20.6. The van der Waals surface area contributed by atoms with Gasteiger partial charge in [-0.05, 0) is 59.4 Å². The standard InChI is InChI=1S/C28H27NO3/c1-19-17-27(31-3)20(2)16-21(19)10-8-9-15-29-28(30)32-18-26-24-13-6-4-11-22(24)23-12-5-7-14-25(23)26/h4-7,11-14,16-17,26H,9,15,18H2,1-3H3,(H,29,30). The molecule has 0 radical (unpaired) electrons. The van der Waals surface area contributed by atoms with Gasteiger partial charge in [0.2, 0.25) is 0 Å². The molecule has 1 amide bonds. The van der Waals surface area contributed by atoms with Gasteiger partial charge in [0.1, 0.15) is 12.4 Å². The molecule has 0 heterocycles. The third kappa shape index (κ3) is 4.48. The zero-order valence-electron chi connectivity index (χ0n) is 18.7. The molecule has 0 aliphatic heterocycles. The van der Waals surface area contributed by atoms with Crippen LogP contribution in [0.2, 0.25) is 0 Å². The Bertz CT molecular complexity index is 1160. The summed E-state index contributed by atoms with van der Waals surface area (Å²) in [6.45, 7) is 4.77. The normalized spacial score (nSPS) is 11.7. The lowest BCUT2D eigenvalue weighted by Gasteiger charge is -2.14. The number of fused-ring (bicyclic) bond motifs is 3. The van der Waals surface area contributed by atoms with Crippen molar-refractivity contribution < 1.29 is 14.3 Å². The van der Waals surface area contributed by atoms with E-state index in [1.165, 1.54) is 22.3 Å². The topological polar surface area (TPSA) is 47.6 Å². The molecule has 4 heteroatoms. The van der Waals surface area contributed by atoms with Crippen LogP contribution in [0.4, 0.5) is 4.79 Å². The molecular weight excluding hydrogens is 398 g/mol. The molecule has 1 aliphatic carbocycles. The highest BCUT2D eigenvalue weighted by molar-refractivity contribution is 5.79. The van der Waals surface area contributed by atoms with Crippen molar-refractivity contribution in [2.45, 2.75) is 26.2 Å². The highest BCUT2D eigenvalue weighted by atomic mass is 16.5. The zero-order valence-corrected chi connectivity index (χ0v) is 18.7. The first-order valence-electron chi connectivity index (χ1n) is 10.8. The molecule has 3 aromatic rings. The summed E-state index contributed by atoms with van der Waals surface area (Å²) in [6.07, 6.45) is 0.138. The van der Waals surface area contributed by atoms with E-state index in [-0.39, 0.29) is 5.92 Å². The number of aryl methyl sites for hydroxylation is 2. The van der Waals surface area contributed by atoms with E-state index in [0.29, 0.717) is 19.6 Å². The zero-order chi connectivity index (χ0) is 22.5. The Hall–Kier alpha value is -3.71. The van der Waals surface area contributed by atoms with Gasteiger partial charge in [-0.15, -0.1) is 0 Å². The fourth-order valence-electron chi connectivity index (χ4n) is 4.18. The number of ether oxygens (including phenoxy) is 2. The summed E-state index contributed by atoms with van der Waals surface area (Å²) < 4.78 is 10.9. The minimum absolute atomic E-state index is 0.0641. The van der Waals surface area contributed by atoms with E-state index in [1.54, 1.807) is 7.11 Å². The molecule has 4 rings (SSSR count). The van der Waals surface area contributed by atoms with Gasteiger partial charge < -0.3 is 14.8 Å². The van der Waals surface area contributed by atoms with Crippen LogP contribution in [0.5, 0.6) is 5.75 Å². The van der Waals surface area contributed by atoms with Gasteiger partial charge >= 0.3 is 6.09 Å². The molecule has 0 aromatic heterocycles. The number of rotatable bonds is 5. The number of carbonyl (C=O) groups excluding carboxylic acids is 1. The fraction of sp³-hybridized carbons (Fsp3) is 0.250. The molecule has 0 saturated heterocycles. The van der Waals surface area contributed by atoms with Crippen molar-refractivity contribution in [2.75, 3.05) is 20.3 Å². The van der Waals surface area contributed by atoms with Crippen molar-refractivity contribution in [3.63, 3.8) is 0 Å². The van der Waals surface area contributed by atoms with Gasteiger partial charge in [0, 0.05) is 24.4 Å². The minimum Gasteiger partial charge on any atom is -0.496 e. The van der Waals surface area contributed by atoms with Crippen LogP contribution in [0.1, 0.15) is 40.2 Å². The van der Waals surface area contributed by atoms with Crippen molar-refractivity contribution in [3.8, 4) is 28.7 Å². The molecule has 0 saturated carbocycles. The number of alkyl carbamates (subject to hydrolysis) is 1. The van der Waals surface area contributed by atoms with Crippen LogP contribution in [0.3, 0.4) is 0 Å². The second-order valence-electron chi connectivity index (χ2n) is 7.94. The van der Waals surface area contributed by atoms with E-state index in [2.05, 4.69) is 41.4 Å². The number of hydrogen-bond donors (Lipinski definition) is 1. The maximum atomic E-state index is 12.2. The summed E-state index contributed by atoms with van der Waals surface area (Å²) >= 11 is 0. The van der Waals surface area contributed by atoms with Gasteiger partial charge in [-0.2, -0.15) is 0 Å². The van der Waals surface area contributed by atoms with Gasteiger partial charge in [0.25, 0.3) is 0 Å². The van der Waals surface area contributed by atoms with E-state index >= 15 is 0 Å². The molecule has 3 aromatic carbocycles. The second-order valence-corrected chi connectivity index (χ2v) is 7.94. The van der Waals surface area contributed by atoms with Gasteiger partial charge in [-0.1, -0.05) is 60.4 Å². The van der Waals surface area contributed by atoms with Gasteiger partial charge in [0.15, 0.2) is 0 Å². The third-order valence-electron chi connectivity index (χ3n) is 5.83. The molecule has 1 N–H and O–H groups in total. The Labute approximate surface area is 189 Å². The summed E-state index contributed by atoms with van der Waals surface area (Å²) in [4.78, 5) is 12.2. The van der Waals surface area contributed by atoms with E-state index in [9.17, 15) is 4.79 Å². The van der Waals surface area contributed by atoms with Crippen molar-refractivity contribution in [3.05, 3.63) is 88.5 Å². The Morgan fingerprint density at radius 3 is 2.28 bits per heavy atom. The van der Waals surface area contributed by atoms with Crippen molar-refractivity contribution >= 4 is 6.09 Å². The van der Waals surface area contributed by atoms with Crippen LogP contribution >= 0.6 is 0 Å². The largest absolute Gasteiger partial charge is 0.496 e. The first kappa shape index (κ1) is 21.5. The van der Waals surface area contributed by atoms with Crippen LogP contribution in [0, 0.1) is 25.7 Å². The van der Waals surface area contributed by atoms with E-state index < -0.39 is 6.09 Å². The van der Waals surface area contributed by atoms with Crippen molar-refractivity contribution in [1.82, 2.24) is 5.32 Å². The molecule has 4 nitrogen and oxygen atoms in total. The molecule has 0 fully saturated rings. The molecular formula is C28H27NO3. The summed E-state index contributed by atoms with van der Waals surface area (Å²) in [5.74, 6) is 7.23. The number of amides is 1. The number of carbonyl (C=O) groups is 1. The summed E-state index contributed by atoms with van der Waals surface area (Å²) in [5.41, 5.74) is 7.95. The molecule has 162 valence electrons. The lowest BCUT2D eigenvalue weighted by Crippen LogP contribution is -2.26. The average molecular weight is 426 g/mol. The first-order chi connectivity index (χ1) is 15.6. The highest BCUT2D eigenvalue weighted by Gasteiger charge is 2.28. The van der Waals surface area contributed by atoms with Crippen LogP contribution in [-0.4, -0.2) is 26.4 Å². The monoisotopic (exact) mass is 425 g/mol. The smallest absolute Gasteiger partial charge is 0.407 e. The molecule has 0 unspecified atom stereocenters. The fourth-order valence-corrected chi connectivity index (χ4v) is 4.18. The minimum atomic E-state index is -0.412. The van der Waals surface area contributed by atoms with E-state index in [4.69, 9.17) is 9.47 Å². The molecule has 1 aliphatic rings. The van der Waals surface area contributed by atoms with E-state index in [1.807, 2.05) is 50.2 Å². The van der Waals surface area contributed by atoms with Gasteiger partial charge in [-0.3, -0.25) is 0 Å². The summed E-state index contributed by atoms with van der Waals surface area (Å²) in [5, 5.41) is 2.80. The molecule has 0 bridgehead atoms. The first-order valence-corrected chi connectivity index (χ1v) is 10.8. The van der Waals surface area contributed by atoms with Gasteiger partial charge in [0.05, 0.1) is 7.11 Å². The van der Waals surface area contributed by atoms with E-state index in [0.717, 1.165) is 22.4 Å². The molecule has 32 heavy (non-hydrogen) atoms. The number of benzene rings is 3. The van der Waals surface area contributed by atoms with Crippen LogP contribution < -0.4 is 10.1 Å². The summed E-state index contributed by atoms with van der Waals surface area (Å²) in [7, 11) is 1.67. The Morgan fingerprint density at radius 1 is 0.969 bits per heavy atom. The average Bonchev–Trinajstić information content (AvgIpc) is 3.13. The number of nitrogens with one attached hydrogen (secondary N) is 1. The predicted molar refractivity (Wildman–Crippen MR) is 127 cm³/mol. The Balaban J connectivity index is 1.29. The predicted octanol–water partition coefficient (Wildman–Crippen LogP) is 5.59. The van der Waals surface area contributed by atoms with Gasteiger partial charge in [-0.25, -0.2) is 4.79 Å². The highest BCUT2D eigenvalue weighted by Crippen LogP contribution is 2.44. The maximum absolute atomic E-state index is 12.2. The Kier molecular flexibility index (Phi) is 6.47. The van der Waals surface area contributed by atoms with Crippen LogP contribution in [0.15, 0.2) is 60.7 Å².